The van der Waals surface area contributed by atoms with Gasteiger partial charge < -0.3 is 14.2 Å². The highest BCUT2D eigenvalue weighted by molar-refractivity contribution is 6.00. The Bertz CT molecular complexity index is 1240. The summed E-state index contributed by atoms with van der Waals surface area (Å²) in [6.45, 7) is 11.6. The van der Waals surface area contributed by atoms with Gasteiger partial charge in [-0.15, -0.1) is 0 Å². The minimum atomic E-state index is -1.22. The average molecular weight is 461 g/mol. The molecular weight excluding hydrogens is 432 g/mol. The quantitative estimate of drug-likeness (QED) is 0.289. The fraction of sp³-hybridized carbons (Fsp3) is 0.393. The molecule has 1 heterocycles. The van der Waals surface area contributed by atoms with Gasteiger partial charge in [0.1, 0.15) is 18.1 Å². The lowest BCUT2D eigenvalue weighted by atomic mass is 9.52. The second-order valence-electron chi connectivity index (χ2n) is 10.4. The topological polar surface area (TPSA) is 78.9 Å². The Morgan fingerprint density at radius 2 is 1.74 bits per heavy atom. The van der Waals surface area contributed by atoms with Crippen molar-refractivity contribution < 1.29 is 28.6 Å². The molecule has 4 unspecified atom stereocenters. The molecule has 6 rings (SSSR count). The number of esters is 3. The first-order valence-corrected chi connectivity index (χ1v) is 11.5. The van der Waals surface area contributed by atoms with Gasteiger partial charge in [-0.1, -0.05) is 69.8 Å². The summed E-state index contributed by atoms with van der Waals surface area (Å²) < 4.78 is 17.0. The second-order valence-corrected chi connectivity index (χ2v) is 10.4. The number of ether oxygens (including phenoxy) is 3. The summed E-state index contributed by atoms with van der Waals surface area (Å²) in [5.74, 6) is -3.33. The standard InChI is InChI=1S/C28H28O6/c1-15(2)24(29)32-12-13-33-28-19-9-7-6-8-17(19)21(22-23(28)26(31)34-25(22)30)18-11-10-16(14-20(18)28)27(3,4)5/h6-11,14,21-23H,1,12-13H2,2-5H3. The fourth-order valence-electron chi connectivity index (χ4n) is 5.72. The highest BCUT2D eigenvalue weighted by Gasteiger charge is 2.68. The Kier molecular flexibility index (Phi) is 5.06. The van der Waals surface area contributed by atoms with Crippen LogP contribution in [-0.2, 0) is 39.6 Å². The normalized spacial score (nSPS) is 26.4. The highest BCUT2D eigenvalue weighted by Crippen LogP contribution is 2.64. The molecule has 0 amide bonds. The number of carbonyl (C=O) groups excluding carboxylic acids is 3. The lowest BCUT2D eigenvalue weighted by Gasteiger charge is -2.53. The summed E-state index contributed by atoms with van der Waals surface area (Å²) in [6.07, 6.45) is 0. The summed E-state index contributed by atoms with van der Waals surface area (Å²) in [4.78, 5) is 37.9. The summed E-state index contributed by atoms with van der Waals surface area (Å²) >= 11 is 0. The van der Waals surface area contributed by atoms with Gasteiger partial charge in [-0.05, 0) is 40.2 Å². The van der Waals surface area contributed by atoms with Gasteiger partial charge in [0.25, 0.3) is 0 Å². The Balaban J connectivity index is 1.69. The number of rotatable bonds is 5. The van der Waals surface area contributed by atoms with E-state index in [9.17, 15) is 14.4 Å². The van der Waals surface area contributed by atoms with E-state index >= 15 is 0 Å². The van der Waals surface area contributed by atoms with Crippen LogP contribution in [0.3, 0.4) is 0 Å². The lowest BCUT2D eigenvalue weighted by molar-refractivity contribution is -0.160. The van der Waals surface area contributed by atoms with Gasteiger partial charge in [0, 0.05) is 11.5 Å². The number of cyclic esters (lactones) is 2. The zero-order valence-electron chi connectivity index (χ0n) is 19.8. The van der Waals surface area contributed by atoms with Crippen LogP contribution in [0.4, 0.5) is 0 Å². The summed E-state index contributed by atoms with van der Waals surface area (Å²) in [5.41, 5.74) is 3.72. The maximum Gasteiger partial charge on any atom is 0.333 e. The van der Waals surface area contributed by atoms with E-state index in [-0.39, 0.29) is 24.5 Å². The van der Waals surface area contributed by atoms with E-state index in [4.69, 9.17) is 14.2 Å². The van der Waals surface area contributed by atoms with Gasteiger partial charge in [-0.2, -0.15) is 0 Å². The van der Waals surface area contributed by atoms with E-state index in [1.54, 1.807) is 6.92 Å². The minimum Gasteiger partial charge on any atom is -0.460 e. The Labute approximate surface area is 198 Å². The highest BCUT2D eigenvalue weighted by atomic mass is 16.6. The molecule has 4 aliphatic rings. The maximum atomic E-state index is 13.1. The Morgan fingerprint density at radius 1 is 1.03 bits per heavy atom. The van der Waals surface area contributed by atoms with Crippen LogP contribution in [0.25, 0.3) is 0 Å². The van der Waals surface area contributed by atoms with Crippen molar-refractivity contribution in [3.8, 4) is 0 Å². The van der Waals surface area contributed by atoms with Gasteiger partial charge in [0.2, 0.25) is 0 Å². The van der Waals surface area contributed by atoms with E-state index in [2.05, 4.69) is 45.5 Å². The van der Waals surface area contributed by atoms with Crippen molar-refractivity contribution in [2.75, 3.05) is 13.2 Å². The third-order valence-electron chi connectivity index (χ3n) is 7.23. The van der Waals surface area contributed by atoms with Crippen molar-refractivity contribution in [3.05, 3.63) is 82.4 Å². The fourth-order valence-corrected chi connectivity index (χ4v) is 5.72. The molecule has 0 radical (unpaired) electrons. The molecule has 0 spiro atoms. The third-order valence-corrected chi connectivity index (χ3v) is 7.23. The molecule has 1 aliphatic heterocycles. The monoisotopic (exact) mass is 460 g/mol. The maximum absolute atomic E-state index is 13.1. The Morgan fingerprint density at radius 3 is 2.44 bits per heavy atom. The van der Waals surface area contributed by atoms with E-state index < -0.39 is 35.3 Å². The zero-order chi connectivity index (χ0) is 24.4. The molecule has 0 aromatic heterocycles. The molecule has 6 nitrogen and oxygen atoms in total. The molecule has 6 heteroatoms. The first-order chi connectivity index (χ1) is 16.1. The molecule has 34 heavy (non-hydrogen) atoms. The molecule has 176 valence electrons. The zero-order valence-corrected chi connectivity index (χ0v) is 19.8. The molecule has 4 atom stereocenters. The van der Waals surface area contributed by atoms with Crippen LogP contribution < -0.4 is 0 Å². The predicted molar refractivity (Wildman–Crippen MR) is 124 cm³/mol. The molecule has 3 aliphatic carbocycles. The van der Waals surface area contributed by atoms with Crippen LogP contribution in [0.1, 0.15) is 61.4 Å². The lowest BCUT2D eigenvalue weighted by Crippen LogP contribution is -2.55. The van der Waals surface area contributed by atoms with Gasteiger partial charge in [-0.3, -0.25) is 9.59 Å². The van der Waals surface area contributed by atoms with Gasteiger partial charge in [0.05, 0.1) is 12.5 Å². The van der Waals surface area contributed by atoms with Crippen LogP contribution in [0, 0.1) is 11.8 Å². The number of hydrogen-bond acceptors (Lipinski definition) is 6. The SMILES string of the molecule is C=C(C)C(=O)OCCOC12c3ccccc3C(c3ccc(C(C)(C)C)cc31)C1C(=O)OC(=O)C12. The van der Waals surface area contributed by atoms with Crippen LogP contribution in [0.2, 0.25) is 0 Å². The largest absolute Gasteiger partial charge is 0.460 e. The van der Waals surface area contributed by atoms with Crippen molar-refractivity contribution in [2.24, 2.45) is 11.8 Å². The van der Waals surface area contributed by atoms with Crippen molar-refractivity contribution in [1.82, 2.24) is 0 Å². The van der Waals surface area contributed by atoms with Crippen molar-refractivity contribution in [3.63, 3.8) is 0 Å². The van der Waals surface area contributed by atoms with Crippen molar-refractivity contribution >= 4 is 17.9 Å². The summed E-state index contributed by atoms with van der Waals surface area (Å²) in [5, 5.41) is 0. The molecular formula is C28H28O6. The molecule has 0 saturated carbocycles. The smallest absolute Gasteiger partial charge is 0.333 e. The van der Waals surface area contributed by atoms with Crippen molar-refractivity contribution in [1.29, 1.82) is 0 Å². The van der Waals surface area contributed by atoms with Crippen LogP contribution in [0.5, 0.6) is 0 Å². The number of benzene rings is 2. The van der Waals surface area contributed by atoms with Gasteiger partial charge in [0.15, 0.2) is 0 Å². The van der Waals surface area contributed by atoms with Crippen LogP contribution in [-0.4, -0.2) is 31.1 Å². The van der Waals surface area contributed by atoms with Gasteiger partial charge >= 0.3 is 17.9 Å². The van der Waals surface area contributed by atoms with Gasteiger partial charge in [-0.25, -0.2) is 4.79 Å². The minimum absolute atomic E-state index is 0.00624. The summed E-state index contributed by atoms with van der Waals surface area (Å²) in [7, 11) is 0. The molecule has 0 N–H and O–H groups in total. The first kappa shape index (κ1) is 22.5. The van der Waals surface area contributed by atoms with E-state index in [0.717, 1.165) is 27.8 Å². The molecule has 2 aromatic rings. The molecule has 2 aromatic carbocycles. The molecule has 2 bridgehead atoms. The predicted octanol–water partition coefficient (Wildman–Crippen LogP) is 4.14. The van der Waals surface area contributed by atoms with Crippen LogP contribution >= 0.6 is 0 Å². The van der Waals surface area contributed by atoms with E-state index in [1.165, 1.54) is 0 Å². The second kappa shape index (κ2) is 7.64. The third kappa shape index (κ3) is 3.08. The van der Waals surface area contributed by atoms with E-state index in [1.807, 2.05) is 24.3 Å². The number of hydrogen-bond donors (Lipinski definition) is 0. The Hall–Kier alpha value is -3.25. The van der Waals surface area contributed by atoms with Crippen molar-refractivity contribution in [2.45, 2.75) is 44.6 Å². The number of carbonyl (C=O) groups is 3. The molecule has 1 saturated heterocycles. The van der Waals surface area contributed by atoms with Crippen LogP contribution in [0.15, 0.2) is 54.6 Å². The van der Waals surface area contributed by atoms with E-state index in [0.29, 0.717) is 5.57 Å². The first-order valence-electron chi connectivity index (χ1n) is 11.5. The molecule has 1 fully saturated rings. The summed E-state index contributed by atoms with van der Waals surface area (Å²) in [6, 6.07) is 14.0. The average Bonchev–Trinajstić information content (AvgIpc) is 3.10.